The van der Waals surface area contributed by atoms with E-state index in [1.165, 1.54) is 0 Å². The maximum Gasteiger partial charge on any atom is 0.266 e. The van der Waals surface area contributed by atoms with Gasteiger partial charge in [-0.2, -0.15) is 9.97 Å². The third kappa shape index (κ3) is 4.86. The van der Waals surface area contributed by atoms with E-state index < -0.39 is 6.04 Å². The number of aliphatic hydroxyl groups is 1. The number of amides is 1. The molecular formula is C26H26N8O4. The van der Waals surface area contributed by atoms with Crippen molar-refractivity contribution in [2.45, 2.75) is 12.6 Å². The molecule has 4 aromatic rings. The van der Waals surface area contributed by atoms with Crippen LogP contribution in [-0.2, 0) is 11.3 Å². The smallest absolute Gasteiger partial charge is 0.266 e. The van der Waals surface area contributed by atoms with Gasteiger partial charge < -0.3 is 35.2 Å². The first-order valence-corrected chi connectivity index (χ1v) is 12.3. The molecule has 0 radical (unpaired) electrons. The Bertz CT molecular complexity index is 1440. The van der Waals surface area contributed by atoms with Gasteiger partial charge in [0.05, 0.1) is 25.9 Å². The second-order valence-electron chi connectivity index (χ2n) is 8.92. The zero-order chi connectivity index (χ0) is 25.9. The Morgan fingerprint density at radius 3 is 2.74 bits per heavy atom. The molecule has 4 N–H and O–H groups in total. The summed E-state index contributed by atoms with van der Waals surface area (Å²) in [6, 6.07) is 14.6. The van der Waals surface area contributed by atoms with Crippen molar-refractivity contribution in [2.24, 2.45) is 0 Å². The van der Waals surface area contributed by atoms with Crippen LogP contribution in [0.25, 0.3) is 11.5 Å². The predicted molar refractivity (Wildman–Crippen MR) is 139 cm³/mol. The summed E-state index contributed by atoms with van der Waals surface area (Å²) in [6.45, 7) is 2.86. The van der Waals surface area contributed by atoms with Gasteiger partial charge in [-0.15, -0.1) is 0 Å². The molecule has 0 spiro atoms. The highest BCUT2D eigenvalue weighted by molar-refractivity contribution is 5.98. The van der Waals surface area contributed by atoms with Crippen molar-refractivity contribution in [3.05, 3.63) is 71.4 Å². The molecule has 2 aromatic carbocycles. The van der Waals surface area contributed by atoms with Crippen LogP contribution in [0.5, 0.6) is 0 Å². The van der Waals surface area contributed by atoms with Crippen molar-refractivity contribution in [1.29, 1.82) is 0 Å². The van der Waals surface area contributed by atoms with Crippen LogP contribution in [0.15, 0.2) is 59.3 Å². The second kappa shape index (κ2) is 10.4. The average Bonchev–Trinajstić information content (AvgIpc) is 3.60. The Balaban J connectivity index is 1.32. The van der Waals surface area contributed by atoms with Crippen LogP contribution in [0.3, 0.4) is 0 Å². The van der Waals surface area contributed by atoms with Gasteiger partial charge in [-0.05, 0) is 34.5 Å². The van der Waals surface area contributed by atoms with Crippen molar-refractivity contribution in [3.8, 4) is 11.5 Å². The molecule has 0 saturated carbocycles. The Labute approximate surface area is 218 Å². The summed E-state index contributed by atoms with van der Waals surface area (Å²) in [5, 5.41) is 23.6. The van der Waals surface area contributed by atoms with Gasteiger partial charge in [0.15, 0.2) is 0 Å². The number of nitrogens with one attached hydrogen (secondary N) is 3. The standard InChI is InChI=1S/C26H26N8O4/c35-15-21(16-4-2-1-3-5-16)30-22-20(24-32-26(33-38-24)34-8-10-37-11-9-34)14-28-25(31-22)29-18-6-7-19-17(12-18)13-27-23(19)36/h1-7,12,14,21,35H,8-11,13,15H2,(H,27,36)(H2,28,29,30,31)/t21-/m1/s1. The van der Waals surface area contributed by atoms with E-state index in [4.69, 9.17) is 14.2 Å². The van der Waals surface area contributed by atoms with Gasteiger partial charge in [0.1, 0.15) is 11.4 Å². The number of aromatic nitrogens is 4. The third-order valence-corrected chi connectivity index (χ3v) is 6.47. The van der Waals surface area contributed by atoms with Gasteiger partial charge in [-0.3, -0.25) is 4.79 Å². The number of morpholine rings is 1. The molecule has 12 heteroatoms. The summed E-state index contributed by atoms with van der Waals surface area (Å²) >= 11 is 0. The number of hydrogen-bond donors (Lipinski definition) is 4. The Hall–Kier alpha value is -4.55. The van der Waals surface area contributed by atoms with E-state index in [0.29, 0.717) is 61.7 Å². The average molecular weight is 515 g/mol. The van der Waals surface area contributed by atoms with Crippen molar-refractivity contribution in [1.82, 2.24) is 25.4 Å². The van der Waals surface area contributed by atoms with Gasteiger partial charge in [-0.1, -0.05) is 30.3 Å². The molecular weight excluding hydrogens is 488 g/mol. The van der Waals surface area contributed by atoms with Crippen LogP contribution in [-0.4, -0.2) is 64.0 Å². The molecule has 0 aliphatic carbocycles. The molecule has 1 amide bonds. The van der Waals surface area contributed by atoms with Crippen molar-refractivity contribution in [2.75, 3.05) is 48.4 Å². The molecule has 1 fully saturated rings. The van der Waals surface area contributed by atoms with E-state index in [2.05, 4.69) is 31.1 Å². The summed E-state index contributed by atoms with van der Waals surface area (Å²) in [5.74, 6) is 1.39. The lowest BCUT2D eigenvalue weighted by molar-refractivity contribution is 0.0965. The molecule has 12 nitrogen and oxygen atoms in total. The van der Waals surface area contributed by atoms with Crippen molar-refractivity contribution < 1.29 is 19.2 Å². The SMILES string of the molecule is O=C1NCc2cc(Nc3ncc(-c4nc(N5CCOCC5)no4)c(N[C@H](CO)c4ccccc4)n3)ccc21. The highest BCUT2D eigenvalue weighted by Crippen LogP contribution is 2.31. The number of ether oxygens (including phenoxy) is 1. The van der Waals surface area contributed by atoms with Crippen LogP contribution in [0.1, 0.15) is 27.5 Å². The molecule has 4 heterocycles. The van der Waals surface area contributed by atoms with Crippen LogP contribution in [0.2, 0.25) is 0 Å². The molecule has 38 heavy (non-hydrogen) atoms. The molecule has 2 aliphatic rings. The maximum absolute atomic E-state index is 11.9. The van der Waals surface area contributed by atoms with Gasteiger partial charge >= 0.3 is 0 Å². The fourth-order valence-electron chi connectivity index (χ4n) is 4.45. The van der Waals surface area contributed by atoms with E-state index in [-0.39, 0.29) is 18.4 Å². The highest BCUT2D eigenvalue weighted by atomic mass is 16.5. The molecule has 0 unspecified atom stereocenters. The number of carbonyl (C=O) groups excluding carboxylic acids is 1. The quantitative estimate of drug-likeness (QED) is 0.275. The first-order chi connectivity index (χ1) is 18.7. The second-order valence-corrected chi connectivity index (χ2v) is 8.92. The number of benzene rings is 2. The van der Waals surface area contributed by atoms with Crippen LogP contribution < -0.4 is 20.9 Å². The van der Waals surface area contributed by atoms with Crippen LogP contribution >= 0.6 is 0 Å². The van der Waals surface area contributed by atoms with Gasteiger partial charge in [0.2, 0.25) is 5.95 Å². The fourth-order valence-corrected chi connectivity index (χ4v) is 4.45. The minimum Gasteiger partial charge on any atom is -0.394 e. The minimum atomic E-state index is -0.434. The normalized spacial score (nSPS) is 15.6. The number of hydrogen-bond acceptors (Lipinski definition) is 11. The zero-order valence-electron chi connectivity index (χ0n) is 20.4. The van der Waals surface area contributed by atoms with Gasteiger partial charge in [-0.25, -0.2) is 4.98 Å². The molecule has 194 valence electrons. The number of rotatable bonds is 8. The summed E-state index contributed by atoms with van der Waals surface area (Å²) in [4.78, 5) is 27.6. The van der Waals surface area contributed by atoms with Crippen molar-refractivity contribution >= 4 is 29.3 Å². The van der Waals surface area contributed by atoms with Gasteiger partial charge in [0.25, 0.3) is 17.7 Å². The number of anilines is 4. The van der Waals surface area contributed by atoms with E-state index in [0.717, 1.165) is 16.8 Å². The Morgan fingerprint density at radius 2 is 1.92 bits per heavy atom. The predicted octanol–water partition coefficient (Wildman–Crippen LogP) is 2.50. The summed E-state index contributed by atoms with van der Waals surface area (Å²) in [7, 11) is 0. The maximum atomic E-state index is 11.9. The van der Waals surface area contributed by atoms with E-state index in [9.17, 15) is 9.90 Å². The molecule has 0 bridgehead atoms. The van der Waals surface area contributed by atoms with E-state index in [1.54, 1.807) is 18.3 Å². The lowest BCUT2D eigenvalue weighted by Crippen LogP contribution is -2.36. The summed E-state index contributed by atoms with van der Waals surface area (Å²) < 4.78 is 11.0. The molecule has 1 saturated heterocycles. The first-order valence-electron chi connectivity index (χ1n) is 12.3. The lowest BCUT2D eigenvalue weighted by atomic mass is 10.1. The fraction of sp³-hybridized carbons (Fsp3) is 0.269. The molecule has 2 aliphatic heterocycles. The third-order valence-electron chi connectivity index (χ3n) is 6.47. The largest absolute Gasteiger partial charge is 0.394 e. The number of fused-ring (bicyclic) bond motifs is 1. The number of nitrogens with zero attached hydrogens (tertiary/aromatic N) is 5. The van der Waals surface area contributed by atoms with E-state index >= 15 is 0 Å². The first kappa shape index (κ1) is 23.8. The minimum absolute atomic E-state index is 0.0781. The molecule has 2 aromatic heterocycles. The van der Waals surface area contributed by atoms with Crippen molar-refractivity contribution in [3.63, 3.8) is 0 Å². The topological polar surface area (TPSA) is 151 Å². The number of aliphatic hydroxyl groups excluding tert-OH is 1. The van der Waals surface area contributed by atoms with Crippen LogP contribution in [0, 0.1) is 0 Å². The molecule has 1 atom stereocenters. The monoisotopic (exact) mass is 514 g/mol. The summed E-state index contributed by atoms with van der Waals surface area (Å²) in [6.07, 6.45) is 1.60. The van der Waals surface area contributed by atoms with Gasteiger partial charge in [0, 0.05) is 37.1 Å². The Morgan fingerprint density at radius 1 is 1.08 bits per heavy atom. The van der Waals surface area contributed by atoms with E-state index in [1.807, 2.05) is 41.3 Å². The highest BCUT2D eigenvalue weighted by Gasteiger charge is 2.23. The zero-order valence-corrected chi connectivity index (χ0v) is 20.4. The Kier molecular flexibility index (Phi) is 6.54. The lowest BCUT2D eigenvalue weighted by Gasteiger charge is -2.24. The molecule has 6 rings (SSSR count). The van der Waals surface area contributed by atoms with Crippen LogP contribution in [0.4, 0.5) is 23.4 Å². The number of carbonyl (C=O) groups is 1. The summed E-state index contributed by atoms with van der Waals surface area (Å²) in [5.41, 5.74) is 3.70.